The summed E-state index contributed by atoms with van der Waals surface area (Å²) in [6.07, 6.45) is 2.11. The first-order valence-electron chi connectivity index (χ1n) is 6.48. The predicted molar refractivity (Wildman–Crippen MR) is 84.9 cm³/mol. The lowest BCUT2D eigenvalue weighted by molar-refractivity contribution is 0.210. The fourth-order valence-electron chi connectivity index (χ4n) is 1.68. The molecule has 6 heteroatoms. The summed E-state index contributed by atoms with van der Waals surface area (Å²) in [4.78, 5) is 2.28. The second-order valence-corrected chi connectivity index (χ2v) is 5.55. The minimum atomic E-state index is 0.0992. The molecule has 1 rings (SSSR count). The molecule has 112 valence electrons. The molecule has 5 nitrogen and oxygen atoms in total. The van der Waals surface area contributed by atoms with Gasteiger partial charge in [-0.05, 0) is 44.5 Å². The van der Waals surface area contributed by atoms with Crippen molar-refractivity contribution >= 4 is 17.6 Å². The first-order chi connectivity index (χ1) is 9.58. The van der Waals surface area contributed by atoms with Gasteiger partial charge < -0.3 is 15.7 Å². The second-order valence-electron chi connectivity index (χ2n) is 4.64. The Labute approximate surface area is 124 Å². The van der Waals surface area contributed by atoms with Crippen LogP contribution in [0.25, 0.3) is 0 Å². The maximum atomic E-state index is 8.58. The van der Waals surface area contributed by atoms with Crippen LogP contribution in [0, 0.1) is 0 Å². The number of hydrogen-bond donors (Lipinski definition) is 2. The maximum absolute atomic E-state index is 8.58. The van der Waals surface area contributed by atoms with Crippen LogP contribution in [0.4, 0.5) is 0 Å². The molecule has 20 heavy (non-hydrogen) atoms. The fourth-order valence-corrected chi connectivity index (χ4v) is 2.41. The Morgan fingerprint density at radius 1 is 1.45 bits per heavy atom. The lowest BCUT2D eigenvalue weighted by Crippen LogP contribution is -2.34. The van der Waals surface area contributed by atoms with Crippen molar-refractivity contribution in [1.82, 2.24) is 4.90 Å². The number of rotatable bonds is 8. The normalized spacial score (nSPS) is 13.5. The third-order valence-corrected chi connectivity index (χ3v) is 3.95. The van der Waals surface area contributed by atoms with E-state index in [2.05, 4.69) is 30.3 Å². The first-order valence-corrected chi connectivity index (χ1v) is 7.87. The molecule has 3 N–H and O–H groups in total. The van der Waals surface area contributed by atoms with Gasteiger partial charge in [-0.1, -0.05) is 5.16 Å². The van der Waals surface area contributed by atoms with Crippen LogP contribution < -0.4 is 10.5 Å². The molecule has 0 aromatic heterocycles. The molecule has 0 heterocycles. The van der Waals surface area contributed by atoms with Crippen molar-refractivity contribution in [3.63, 3.8) is 0 Å². The number of nitrogens with two attached hydrogens (primary N) is 1. The quantitative estimate of drug-likeness (QED) is 0.331. The molecule has 0 amide bonds. The predicted octanol–water partition coefficient (Wildman–Crippen LogP) is 1.84. The van der Waals surface area contributed by atoms with Crippen LogP contribution in [-0.4, -0.2) is 54.2 Å². The molecule has 0 saturated heterocycles. The average Bonchev–Trinajstić information content (AvgIpc) is 2.47. The molecule has 1 atom stereocenters. The number of nitrogens with zero attached hydrogens (tertiary/aromatic N) is 2. The molecule has 0 aliphatic rings. The molecule has 0 aliphatic carbocycles. The van der Waals surface area contributed by atoms with Crippen LogP contribution in [0.1, 0.15) is 12.5 Å². The minimum Gasteiger partial charge on any atom is -0.492 e. The monoisotopic (exact) mass is 297 g/mol. The van der Waals surface area contributed by atoms with Gasteiger partial charge in [-0.2, -0.15) is 11.8 Å². The Balaban J connectivity index is 2.39. The van der Waals surface area contributed by atoms with Crippen LogP contribution >= 0.6 is 11.8 Å². The fraction of sp³-hybridized carbons (Fsp3) is 0.500. The van der Waals surface area contributed by atoms with Gasteiger partial charge in [-0.3, -0.25) is 4.90 Å². The van der Waals surface area contributed by atoms with Crippen LogP contribution in [0.2, 0.25) is 0 Å². The van der Waals surface area contributed by atoms with Gasteiger partial charge in [0.15, 0.2) is 5.84 Å². The van der Waals surface area contributed by atoms with E-state index in [0.29, 0.717) is 18.2 Å². The van der Waals surface area contributed by atoms with Gasteiger partial charge in [0.05, 0.1) is 0 Å². The number of benzene rings is 1. The number of amidine groups is 1. The molecule has 0 fully saturated rings. The molecule has 0 saturated carbocycles. The zero-order valence-electron chi connectivity index (χ0n) is 12.2. The van der Waals surface area contributed by atoms with Gasteiger partial charge in [0.25, 0.3) is 0 Å². The van der Waals surface area contributed by atoms with Crippen molar-refractivity contribution in [1.29, 1.82) is 0 Å². The van der Waals surface area contributed by atoms with Gasteiger partial charge in [0.1, 0.15) is 12.4 Å². The van der Waals surface area contributed by atoms with Crippen LogP contribution in [-0.2, 0) is 0 Å². The summed E-state index contributed by atoms with van der Waals surface area (Å²) in [5.74, 6) is 2.00. The Bertz CT molecular complexity index is 423. The topological polar surface area (TPSA) is 71.1 Å². The van der Waals surface area contributed by atoms with Crippen molar-refractivity contribution in [3.8, 4) is 5.75 Å². The van der Waals surface area contributed by atoms with Gasteiger partial charge in [-0.15, -0.1) is 0 Å². The molecule has 0 radical (unpaired) electrons. The average molecular weight is 297 g/mol. The zero-order valence-corrected chi connectivity index (χ0v) is 13.1. The van der Waals surface area contributed by atoms with E-state index in [4.69, 9.17) is 15.7 Å². The molecule has 1 aromatic carbocycles. The second kappa shape index (κ2) is 8.71. The molecular weight excluding hydrogens is 274 g/mol. The third kappa shape index (κ3) is 5.30. The molecule has 1 unspecified atom stereocenters. The molecule has 0 aliphatic heterocycles. The van der Waals surface area contributed by atoms with Gasteiger partial charge in [0.2, 0.25) is 0 Å². The third-order valence-electron chi connectivity index (χ3n) is 3.13. The summed E-state index contributed by atoms with van der Waals surface area (Å²) in [5.41, 5.74) is 6.17. The van der Waals surface area contributed by atoms with Crippen molar-refractivity contribution < 1.29 is 9.94 Å². The Morgan fingerprint density at radius 2 is 2.10 bits per heavy atom. The van der Waals surface area contributed by atoms with E-state index in [9.17, 15) is 0 Å². The summed E-state index contributed by atoms with van der Waals surface area (Å²) in [6.45, 7) is 3.73. The van der Waals surface area contributed by atoms with E-state index in [1.165, 1.54) is 0 Å². The molecule has 0 bridgehead atoms. The number of oxime groups is 1. The van der Waals surface area contributed by atoms with E-state index in [1.54, 1.807) is 12.1 Å². The van der Waals surface area contributed by atoms with Crippen molar-refractivity contribution in [2.45, 2.75) is 13.0 Å². The van der Waals surface area contributed by atoms with E-state index in [-0.39, 0.29) is 5.84 Å². The first kappa shape index (κ1) is 16.7. The lowest BCUT2D eigenvalue weighted by atomic mass is 10.2. The van der Waals surface area contributed by atoms with Crippen LogP contribution in [0.15, 0.2) is 29.4 Å². The van der Waals surface area contributed by atoms with Crippen molar-refractivity contribution in [2.24, 2.45) is 10.9 Å². The summed E-state index contributed by atoms with van der Waals surface area (Å²) < 4.78 is 5.68. The molecule has 1 aromatic rings. The van der Waals surface area contributed by atoms with Gasteiger partial charge in [0, 0.05) is 23.9 Å². The summed E-state index contributed by atoms with van der Waals surface area (Å²) >= 11 is 1.85. The number of likely N-dealkylation sites (N-methyl/N-ethyl adjacent to an activating group) is 1. The Hall–Kier alpha value is -1.40. The van der Waals surface area contributed by atoms with E-state index in [1.807, 2.05) is 23.9 Å². The maximum Gasteiger partial charge on any atom is 0.170 e. The largest absolute Gasteiger partial charge is 0.492 e. The van der Waals surface area contributed by atoms with Gasteiger partial charge >= 0.3 is 0 Å². The highest BCUT2D eigenvalue weighted by atomic mass is 32.2. The standard InChI is InChI=1S/C14H23N3O2S/c1-11(10-20-3)17(2)8-9-19-13-6-4-12(5-7-13)14(15)16-18/h4-7,11,18H,8-10H2,1-3H3,(H2,15,16). The van der Waals surface area contributed by atoms with Crippen LogP contribution in [0.3, 0.4) is 0 Å². The highest BCUT2D eigenvalue weighted by molar-refractivity contribution is 7.98. The molecular formula is C14H23N3O2S. The SMILES string of the molecule is CSCC(C)N(C)CCOc1ccc(/C(N)=N/O)cc1. The molecule has 0 spiro atoms. The van der Waals surface area contributed by atoms with E-state index < -0.39 is 0 Å². The van der Waals surface area contributed by atoms with E-state index >= 15 is 0 Å². The minimum absolute atomic E-state index is 0.0992. The smallest absolute Gasteiger partial charge is 0.170 e. The van der Waals surface area contributed by atoms with Crippen molar-refractivity contribution in [2.75, 3.05) is 32.2 Å². The number of thioether (sulfide) groups is 1. The number of hydrogen-bond acceptors (Lipinski definition) is 5. The van der Waals surface area contributed by atoms with E-state index in [0.717, 1.165) is 18.0 Å². The summed E-state index contributed by atoms with van der Waals surface area (Å²) in [7, 11) is 2.10. The van der Waals surface area contributed by atoms with Crippen LogP contribution in [0.5, 0.6) is 5.75 Å². The zero-order chi connectivity index (χ0) is 15.0. The number of ether oxygens (including phenoxy) is 1. The summed E-state index contributed by atoms with van der Waals surface area (Å²) in [6, 6.07) is 7.71. The highest BCUT2D eigenvalue weighted by Crippen LogP contribution is 2.12. The van der Waals surface area contributed by atoms with Gasteiger partial charge in [-0.25, -0.2) is 0 Å². The lowest BCUT2D eigenvalue weighted by Gasteiger charge is -2.23. The summed E-state index contributed by atoms with van der Waals surface area (Å²) in [5, 5.41) is 11.5. The Morgan fingerprint density at radius 3 is 2.65 bits per heavy atom. The Kier molecular flexibility index (Phi) is 7.25. The highest BCUT2D eigenvalue weighted by Gasteiger charge is 2.08. The van der Waals surface area contributed by atoms with Crippen molar-refractivity contribution in [3.05, 3.63) is 29.8 Å².